The number of rotatable bonds is 2. The van der Waals surface area contributed by atoms with Crippen LogP contribution in [0.2, 0.25) is 5.02 Å². The van der Waals surface area contributed by atoms with Gasteiger partial charge >= 0.3 is 0 Å². The SMILES string of the molecule is N#Cc1cc(Nc2ccc(I)cc2Cl)ccn1. The molecule has 84 valence electrons. The van der Waals surface area contributed by atoms with Crippen LogP contribution in [-0.2, 0) is 0 Å². The van der Waals surface area contributed by atoms with Crippen LogP contribution in [0.4, 0.5) is 11.4 Å². The van der Waals surface area contributed by atoms with E-state index in [1.165, 1.54) is 0 Å². The van der Waals surface area contributed by atoms with Crippen molar-refractivity contribution in [2.24, 2.45) is 0 Å². The van der Waals surface area contributed by atoms with E-state index in [0.717, 1.165) is 14.9 Å². The number of nitrogens with one attached hydrogen (secondary N) is 1. The number of benzene rings is 1. The highest BCUT2D eigenvalue weighted by atomic mass is 127. The Bertz CT molecular complexity index is 593. The van der Waals surface area contributed by atoms with Gasteiger partial charge in [-0.2, -0.15) is 5.26 Å². The molecule has 17 heavy (non-hydrogen) atoms. The Morgan fingerprint density at radius 1 is 1.29 bits per heavy atom. The Hall–Kier alpha value is -1.32. The zero-order chi connectivity index (χ0) is 12.3. The van der Waals surface area contributed by atoms with Crippen LogP contribution in [0.15, 0.2) is 36.5 Å². The van der Waals surface area contributed by atoms with E-state index in [1.54, 1.807) is 18.3 Å². The first-order valence-corrected chi connectivity index (χ1v) is 6.23. The van der Waals surface area contributed by atoms with Gasteiger partial charge in [-0.25, -0.2) is 4.98 Å². The summed E-state index contributed by atoms with van der Waals surface area (Å²) in [5.41, 5.74) is 1.97. The van der Waals surface area contributed by atoms with Gasteiger partial charge in [0.15, 0.2) is 0 Å². The average molecular weight is 356 g/mol. The summed E-state index contributed by atoms with van der Waals surface area (Å²) in [6.45, 7) is 0. The molecule has 0 aliphatic rings. The minimum absolute atomic E-state index is 0.372. The second-order valence-electron chi connectivity index (χ2n) is 3.29. The fraction of sp³-hybridized carbons (Fsp3) is 0. The summed E-state index contributed by atoms with van der Waals surface area (Å²) in [7, 11) is 0. The highest BCUT2D eigenvalue weighted by molar-refractivity contribution is 14.1. The number of aromatic nitrogens is 1. The van der Waals surface area contributed by atoms with E-state index in [0.29, 0.717) is 10.7 Å². The molecule has 0 spiro atoms. The number of nitriles is 1. The van der Waals surface area contributed by atoms with Gasteiger partial charge < -0.3 is 5.32 Å². The molecular formula is C12H7ClIN3. The van der Waals surface area contributed by atoms with Crippen molar-refractivity contribution in [3.8, 4) is 6.07 Å². The monoisotopic (exact) mass is 355 g/mol. The molecule has 0 aliphatic carbocycles. The minimum atomic E-state index is 0.372. The highest BCUT2D eigenvalue weighted by Gasteiger charge is 2.02. The van der Waals surface area contributed by atoms with Crippen molar-refractivity contribution in [1.29, 1.82) is 5.26 Å². The first kappa shape index (κ1) is 12.1. The topological polar surface area (TPSA) is 48.7 Å². The summed E-state index contributed by atoms with van der Waals surface area (Å²) in [5, 5.41) is 12.5. The van der Waals surface area contributed by atoms with E-state index in [2.05, 4.69) is 32.9 Å². The number of anilines is 2. The first-order valence-electron chi connectivity index (χ1n) is 4.77. The zero-order valence-corrected chi connectivity index (χ0v) is 11.5. The lowest BCUT2D eigenvalue weighted by Gasteiger charge is -2.08. The van der Waals surface area contributed by atoms with Crippen LogP contribution in [0, 0.1) is 14.9 Å². The van der Waals surface area contributed by atoms with Gasteiger partial charge in [0.2, 0.25) is 0 Å². The second-order valence-corrected chi connectivity index (χ2v) is 4.94. The van der Waals surface area contributed by atoms with Crippen molar-refractivity contribution < 1.29 is 0 Å². The predicted molar refractivity (Wildman–Crippen MR) is 76.4 cm³/mol. The molecule has 5 heteroatoms. The molecule has 0 fully saturated rings. The minimum Gasteiger partial charge on any atom is -0.354 e. The summed E-state index contributed by atoms with van der Waals surface area (Å²) >= 11 is 8.30. The average Bonchev–Trinajstić information content (AvgIpc) is 2.33. The maximum absolute atomic E-state index is 8.75. The molecule has 2 aromatic rings. The standard InChI is InChI=1S/C12H7ClIN3/c13-11-5-8(14)1-2-12(11)17-9-3-4-16-10(6-9)7-15/h1-6H,(H,16,17). The lowest BCUT2D eigenvalue weighted by atomic mass is 10.3. The molecule has 0 unspecified atom stereocenters. The van der Waals surface area contributed by atoms with Crippen LogP contribution in [0.1, 0.15) is 5.69 Å². The van der Waals surface area contributed by atoms with Gasteiger partial charge in [-0.3, -0.25) is 0 Å². The van der Waals surface area contributed by atoms with Crippen LogP contribution in [-0.4, -0.2) is 4.98 Å². The molecule has 3 nitrogen and oxygen atoms in total. The van der Waals surface area contributed by atoms with Gasteiger partial charge in [0.25, 0.3) is 0 Å². The predicted octanol–water partition coefficient (Wildman–Crippen LogP) is 3.95. The third-order valence-corrected chi connectivity index (χ3v) is 3.07. The molecule has 0 bridgehead atoms. The summed E-state index contributed by atoms with van der Waals surface area (Å²) in [6.07, 6.45) is 1.58. The second kappa shape index (κ2) is 5.34. The van der Waals surface area contributed by atoms with E-state index in [1.807, 2.05) is 24.3 Å². The summed E-state index contributed by atoms with van der Waals surface area (Å²) in [6, 6.07) is 11.2. The van der Waals surface area contributed by atoms with E-state index in [9.17, 15) is 0 Å². The van der Waals surface area contributed by atoms with Crippen molar-refractivity contribution in [1.82, 2.24) is 4.98 Å². The van der Waals surface area contributed by atoms with Crippen LogP contribution < -0.4 is 5.32 Å². The fourth-order valence-electron chi connectivity index (χ4n) is 1.32. The van der Waals surface area contributed by atoms with Gasteiger partial charge in [0.1, 0.15) is 11.8 Å². The van der Waals surface area contributed by atoms with E-state index >= 15 is 0 Å². The maximum Gasteiger partial charge on any atom is 0.142 e. The molecule has 0 aliphatic heterocycles. The molecule has 0 saturated heterocycles. The van der Waals surface area contributed by atoms with Gasteiger partial charge in [-0.05, 0) is 52.9 Å². The van der Waals surface area contributed by atoms with Crippen molar-refractivity contribution in [3.63, 3.8) is 0 Å². The number of nitrogens with zero attached hydrogens (tertiary/aromatic N) is 2. The smallest absolute Gasteiger partial charge is 0.142 e. The molecule has 0 amide bonds. The summed E-state index contributed by atoms with van der Waals surface area (Å²) in [5.74, 6) is 0. The summed E-state index contributed by atoms with van der Waals surface area (Å²) < 4.78 is 1.07. The first-order chi connectivity index (χ1) is 8.19. The molecule has 1 heterocycles. The zero-order valence-electron chi connectivity index (χ0n) is 8.61. The highest BCUT2D eigenvalue weighted by Crippen LogP contribution is 2.26. The van der Waals surface area contributed by atoms with E-state index < -0.39 is 0 Å². The normalized spacial score (nSPS) is 9.71. The quantitative estimate of drug-likeness (QED) is 0.830. The number of pyridine rings is 1. The fourth-order valence-corrected chi connectivity index (χ4v) is 2.22. The van der Waals surface area contributed by atoms with Gasteiger partial charge in [-0.15, -0.1) is 0 Å². The number of halogens is 2. The molecule has 2 rings (SSSR count). The molecule has 0 atom stereocenters. The molecular weight excluding hydrogens is 349 g/mol. The Labute approximate surface area is 118 Å². The summed E-state index contributed by atoms with van der Waals surface area (Å²) in [4.78, 5) is 3.90. The Morgan fingerprint density at radius 2 is 2.12 bits per heavy atom. The lowest BCUT2D eigenvalue weighted by Crippen LogP contribution is -1.93. The van der Waals surface area contributed by atoms with Crippen molar-refractivity contribution in [3.05, 3.63) is 50.8 Å². The Kier molecular flexibility index (Phi) is 3.82. The van der Waals surface area contributed by atoms with E-state index in [4.69, 9.17) is 16.9 Å². The number of hydrogen-bond donors (Lipinski definition) is 1. The van der Waals surface area contributed by atoms with Gasteiger partial charge in [0.05, 0.1) is 10.7 Å². The molecule has 0 saturated carbocycles. The van der Waals surface area contributed by atoms with Crippen molar-refractivity contribution in [2.45, 2.75) is 0 Å². The maximum atomic E-state index is 8.75. The van der Waals surface area contributed by atoms with Crippen LogP contribution in [0.25, 0.3) is 0 Å². The third-order valence-electron chi connectivity index (χ3n) is 2.08. The van der Waals surface area contributed by atoms with Crippen molar-refractivity contribution in [2.75, 3.05) is 5.32 Å². The number of hydrogen-bond acceptors (Lipinski definition) is 3. The molecule has 1 N–H and O–H groups in total. The third kappa shape index (κ3) is 3.08. The molecule has 1 aromatic carbocycles. The van der Waals surface area contributed by atoms with Crippen molar-refractivity contribution >= 4 is 45.6 Å². The van der Waals surface area contributed by atoms with Gasteiger partial charge in [0, 0.05) is 15.5 Å². The van der Waals surface area contributed by atoms with E-state index in [-0.39, 0.29) is 0 Å². The van der Waals surface area contributed by atoms with Crippen LogP contribution in [0.3, 0.4) is 0 Å². The van der Waals surface area contributed by atoms with Crippen LogP contribution >= 0.6 is 34.2 Å². The molecule has 1 aromatic heterocycles. The largest absolute Gasteiger partial charge is 0.354 e. The lowest BCUT2D eigenvalue weighted by molar-refractivity contribution is 1.26. The Balaban J connectivity index is 2.28. The van der Waals surface area contributed by atoms with Crippen LogP contribution in [0.5, 0.6) is 0 Å². The Morgan fingerprint density at radius 3 is 2.82 bits per heavy atom. The van der Waals surface area contributed by atoms with Gasteiger partial charge in [-0.1, -0.05) is 11.6 Å². The molecule has 0 radical (unpaired) electrons.